The molecule has 1 atom stereocenters. The van der Waals surface area contributed by atoms with Gasteiger partial charge < -0.3 is 15.2 Å². The van der Waals surface area contributed by atoms with Crippen molar-refractivity contribution in [1.29, 1.82) is 0 Å². The van der Waals surface area contributed by atoms with Gasteiger partial charge >= 0.3 is 0 Å². The molecule has 0 radical (unpaired) electrons. The molecule has 6 rings (SSSR count). The first kappa shape index (κ1) is 24.0. The number of unbranched alkanes of at least 4 members (excludes halogenated alkanes) is 1. The monoisotopic (exact) mass is 507 g/mol. The van der Waals surface area contributed by atoms with Gasteiger partial charge in [0.05, 0.1) is 28.6 Å². The van der Waals surface area contributed by atoms with E-state index in [1.54, 1.807) is 18.3 Å². The largest absolute Gasteiger partial charge is 0.368 e. The predicted octanol–water partition coefficient (Wildman–Crippen LogP) is 6.51. The normalized spacial score (nSPS) is 14.5. The number of para-hydroxylation sites is 1. The molecule has 0 unspecified atom stereocenters. The first-order valence-electron chi connectivity index (χ1n) is 13.2. The molecule has 0 bridgehead atoms. The number of nitrogens with zero attached hydrogens (tertiary/aromatic N) is 5. The molecular formula is C30H30FN7. The molecule has 0 aliphatic carbocycles. The van der Waals surface area contributed by atoms with E-state index in [2.05, 4.69) is 39.2 Å². The lowest BCUT2D eigenvalue weighted by Gasteiger charge is -2.19. The van der Waals surface area contributed by atoms with Gasteiger partial charge in [-0.05, 0) is 61.4 Å². The number of hydrogen-bond donors (Lipinski definition) is 2. The van der Waals surface area contributed by atoms with Gasteiger partial charge in [-0.25, -0.2) is 24.3 Å². The first-order valence-corrected chi connectivity index (χ1v) is 13.2. The zero-order chi connectivity index (χ0) is 25.9. The zero-order valence-electron chi connectivity index (χ0n) is 21.4. The van der Waals surface area contributed by atoms with Crippen molar-refractivity contribution in [2.24, 2.45) is 0 Å². The van der Waals surface area contributed by atoms with Crippen molar-refractivity contribution in [3.8, 4) is 22.6 Å². The van der Waals surface area contributed by atoms with Crippen molar-refractivity contribution < 1.29 is 4.39 Å². The zero-order valence-corrected chi connectivity index (χ0v) is 21.4. The highest BCUT2D eigenvalue weighted by Crippen LogP contribution is 2.39. The quantitative estimate of drug-likeness (QED) is 0.222. The van der Waals surface area contributed by atoms with Gasteiger partial charge in [-0.3, -0.25) is 0 Å². The number of benzene rings is 2. The summed E-state index contributed by atoms with van der Waals surface area (Å²) in [7, 11) is 0. The Bertz CT molecular complexity index is 1560. The number of rotatable bonds is 9. The summed E-state index contributed by atoms with van der Waals surface area (Å²) in [6, 6.07) is 20.8. The van der Waals surface area contributed by atoms with E-state index in [4.69, 9.17) is 15.0 Å². The van der Waals surface area contributed by atoms with Crippen LogP contribution in [0.4, 0.5) is 16.2 Å². The first-order chi connectivity index (χ1) is 18.7. The molecule has 0 spiro atoms. The molecule has 5 aromatic rings. The molecule has 0 amide bonds. The van der Waals surface area contributed by atoms with Crippen LogP contribution in [0.25, 0.3) is 33.5 Å². The van der Waals surface area contributed by atoms with Crippen molar-refractivity contribution in [1.82, 2.24) is 24.5 Å². The average molecular weight is 508 g/mol. The molecule has 0 saturated carbocycles. The van der Waals surface area contributed by atoms with Gasteiger partial charge in [-0.15, -0.1) is 0 Å². The Kier molecular flexibility index (Phi) is 6.69. The lowest BCUT2D eigenvalue weighted by Crippen LogP contribution is -2.17. The van der Waals surface area contributed by atoms with E-state index in [0.29, 0.717) is 12.5 Å². The molecule has 1 aliphatic heterocycles. The fraction of sp³-hybridized carbons (Fsp3) is 0.267. The van der Waals surface area contributed by atoms with Crippen molar-refractivity contribution in [3.63, 3.8) is 0 Å². The summed E-state index contributed by atoms with van der Waals surface area (Å²) in [6.45, 7) is 3.68. The molecule has 1 aliphatic rings. The second kappa shape index (κ2) is 10.6. The van der Waals surface area contributed by atoms with Gasteiger partial charge in [-0.1, -0.05) is 31.5 Å². The number of aromatic nitrogens is 5. The minimum absolute atomic E-state index is 0.168. The molecule has 2 aromatic carbocycles. The molecule has 38 heavy (non-hydrogen) atoms. The number of nitrogens with one attached hydrogen (secondary N) is 2. The maximum atomic E-state index is 13.7. The molecule has 0 fully saturated rings. The number of hydrogen-bond acceptors (Lipinski definition) is 6. The van der Waals surface area contributed by atoms with Gasteiger partial charge in [0.15, 0.2) is 0 Å². The molecular weight excluding hydrogens is 477 g/mol. The van der Waals surface area contributed by atoms with Crippen LogP contribution < -0.4 is 10.6 Å². The molecule has 7 nitrogen and oxygen atoms in total. The molecule has 4 heterocycles. The number of halogens is 1. The number of imidazole rings is 1. The van der Waals surface area contributed by atoms with Crippen LogP contribution in [0.15, 0.2) is 72.9 Å². The second-order valence-electron chi connectivity index (χ2n) is 9.61. The van der Waals surface area contributed by atoms with Crippen molar-refractivity contribution in [3.05, 3.63) is 84.6 Å². The van der Waals surface area contributed by atoms with Crippen LogP contribution in [0.3, 0.4) is 0 Å². The second-order valence-corrected chi connectivity index (χ2v) is 9.61. The summed E-state index contributed by atoms with van der Waals surface area (Å²) >= 11 is 0. The Morgan fingerprint density at radius 3 is 2.68 bits per heavy atom. The maximum absolute atomic E-state index is 13.7. The van der Waals surface area contributed by atoms with Crippen molar-refractivity contribution in [2.45, 2.75) is 38.6 Å². The highest BCUT2D eigenvalue weighted by Gasteiger charge is 2.31. The lowest BCUT2D eigenvalue weighted by molar-refractivity contribution is 0.558. The fourth-order valence-electron chi connectivity index (χ4n) is 5.06. The van der Waals surface area contributed by atoms with E-state index < -0.39 is 0 Å². The Hall–Kier alpha value is -4.33. The molecule has 8 heteroatoms. The van der Waals surface area contributed by atoms with Crippen molar-refractivity contribution in [2.75, 3.05) is 23.7 Å². The number of fused-ring (bicyclic) bond motifs is 2. The van der Waals surface area contributed by atoms with E-state index in [1.807, 2.05) is 30.3 Å². The molecule has 3 aromatic heterocycles. The topological polar surface area (TPSA) is 80.5 Å². The van der Waals surface area contributed by atoms with Gasteiger partial charge in [0.1, 0.15) is 17.5 Å². The Balaban J connectivity index is 1.35. The summed E-state index contributed by atoms with van der Waals surface area (Å²) in [4.78, 5) is 19.1. The van der Waals surface area contributed by atoms with Gasteiger partial charge in [-0.2, -0.15) is 0 Å². The summed E-state index contributed by atoms with van der Waals surface area (Å²) in [6.07, 6.45) is 5.75. The minimum atomic E-state index is -0.267. The van der Waals surface area contributed by atoms with E-state index in [-0.39, 0.29) is 11.9 Å². The third-order valence-corrected chi connectivity index (χ3v) is 7.00. The van der Waals surface area contributed by atoms with E-state index in [1.165, 1.54) is 12.1 Å². The molecule has 0 saturated heterocycles. The Labute approximate surface area is 221 Å². The predicted molar refractivity (Wildman–Crippen MR) is 150 cm³/mol. The highest BCUT2D eigenvalue weighted by molar-refractivity contribution is 5.80. The third kappa shape index (κ3) is 4.81. The summed E-state index contributed by atoms with van der Waals surface area (Å²) < 4.78 is 16.0. The van der Waals surface area contributed by atoms with Gasteiger partial charge in [0.25, 0.3) is 0 Å². The number of aryl methyl sites for hydroxylation is 1. The third-order valence-electron chi connectivity index (χ3n) is 7.00. The van der Waals surface area contributed by atoms with E-state index in [0.717, 1.165) is 77.4 Å². The van der Waals surface area contributed by atoms with Crippen LogP contribution in [0.1, 0.15) is 38.1 Å². The van der Waals surface area contributed by atoms with E-state index >= 15 is 0 Å². The summed E-state index contributed by atoms with van der Waals surface area (Å²) in [5.41, 5.74) is 4.38. The number of anilines is 2. The number of pyridine rings is 1. The Morgan fingerprint density at radius 1 is 0.947 bits per heavy atom. The summed E-state index contributed by atoms with van der Waals surface area (Å²) in [5.74, 6) is 2.19. The van der Waals surface area contributed by atoms with Crippen molar-refractivity contribution >= 4 is 22.7 Å². The average Bonchev–Trinajstić information content (AvgIpc) is 3.52. The summed E-state index contributed by atoms with van der Waals surface area (Å²) in [5, 5.41) is 8.00. The van der Waals surface area contributed by atoms with Gasteiger partial charge in [0, 0.05) is 36.7 Å². The molecule has 2 N–H and O–H groups in total. The van der Waals surface area contributed by atoms with E-state index in [9.17, 15) is 4.39 Å². The van der Waals surface area contributed by atoms with Crippen LogP contribution in [-0.2, 0) is 6.42 Å². The van der Waals surface area contributed by atoms with Crippen LogP contribution in [0.2, 0.25) is 0 Å². The highest BCUT2D eigenvalue weighted by atomic mass is 19.1. The van der Waals surface area contributed by atoms with Crippen LogP contribution in [0.5, 0.6) is 0 Å². The van der Waals surface area contributed by atoms with Crippen LogP contribution in [-0.4, -0.2) is 37.6 Å². The van der Waals surface area contributed by atoms with Gasteiger partial charge in [0.2, 0.25) is 5.95 Å². The molecule has 192 valence electrons. The lowest BCUT2D eigenvalue weighted by atomic mass is 10.1. The Morgan fingerprint density at radius 2 is 1.82 bits per heavy atom. The van der Waals surface area contributed by atoms with Crippen LogP contribution >= 0.6 is 0 Å². The smallest absolute Gasteiger partial charge is 0.223 e. The standard InChI is InChI=1S/C30H30FN7/c1-2-3-17-32-30-33-18-16-25(36-30)29-28(21-8-11-22(31)12-9-21)37-27-15-13-23(38(27)29)19-34-26-14-10-20-6-4-5-7-24(20)35-26/h4-12,14,16,18,23H,2-3,13,15,17,19H2,1H3,(H,34,35)(H,32,33,36)/t23-/m0/s1. The maximum Gasteiger partial charge on any atom is 0.223 e. The SMILES string of the molecule is CCCCNc1nccc(-c2c(-c3ccc(F)cc3)nc3n2[C@H](CNc2ccc4ccccc4n2)CC3)n1. The fourth-order valence-corrected chi connectivity index (χ4v) is 5.06. The van der Waals surface area contributed by atoms with Crippen LogP contribution in [0, 0.1) is 5.82 Å². The minimum Gasteiger partial charge on any atom is -0.368 e.